The van der Waals surface area contributed by atoms with Crippen LogP contribution in [-0.2, 0) is 6.54 Å². The number of hydrogen-bond donors (Lipinski definition) is 0. The smallest absolute Gasteiger partial charge is 0.414 e. The molecule has 1 aromatic carbocycles. The lowest BCUT2D eigenvalue weighted by Crippen LogP contribution is -2.18. The average molecular weight is 245 g/mol. The van der Waals surface area contributed by atoms with Crippen molar-refractivity contribution in [2.45, 2.75) is 19.1 Å². The Morgan fingerprint density at radius 1 is 1.39 bits per heavy atom. The monoisotopic (exact) mass is 245 g/mol. The van der Waals surface area contributed by atoms with Crippen LogP contribution in [0, 0.1) is 10.1 Å². The highest BCUT2D eigenvalue weighted by molar-refractivity contribution is 5.24. The van der Waals surface area contributed by atoms with Gasteiger partial charge in [0.15, 0.2) is 0 Å². The predicted octanol–water partition coefficient (Wildman–Crippen LogP) is 2.32. The molecular formula is C12H11N3O3. The van der Waals surface area contributed by atoms with Crippen LogP contribution >= 0.6 is 0 Å². The highest BCUT2D eigenvalue weighted by atomic mass is 16.6. The first kappa shape index (κ1) is 10.8. The summed E-state index contributed by atoms with van der Waals surface area (Å²) < 4.78 is 7.37. The van der Waals surface area contributed by atoms with Crippen LogP contribution in [-0.4, -0.2) is 14.5 Å². The van der Waals surface area contributed by atoms with Crippen LogP contribution in [0.4, 0.5) is 5.82 Å². The van der Waals surface area contributed by atoms with Gasteiger partial charge in [-0.15, -0.1) is 0 Å². The van der Waals surface area contributed by atoms with Crippen LogP contribution in [0.1, 0.15) is 18.1 Å². The molecule has 0 unspecified atom stereocenters. The lowest BCUT2D eigenvalue weighted by molar-refractivity contribution is -0.389. The Morgan fingerprint density at radius 2 is 2.17 bits per heavy atom. The molecule has 6 heteroatoms. The number of benzene rings is 1. The first-order valence-corrected chi connectivity index (χ1v) is 5.67. The fourth-order valence-electron chi connectivity index (χ4n) is 2.07. The van der Waals surface area contributed by atoms with E-state index in [0.29, 0.717) is 12.6 Å². The number of ether oxygens (including phenoxy) is 1. The van der Waals surface area contributed by atoms with E-state index >= 15 is 0 Å². The number of nitro groups is 1. The standard InChI is InChI=1S/C12H11N3O3/c16-15(17)11-8-14-7-6-10(18-12(14)13-11)9-4-2-1-3-5-9/h1-5,8,10H,6-7H2/t10-/m0/s1. The molecule has 6 nitrogen and oxygen atoms in total. The van der Waals surface area contributed by atoms with Crippen molar-refractivity contribution < 1.29 is 9.66 Å². The summed E-state index contributed by atoms with van der Waals surface area (Å²) in [5, 5.41) is 10.6. The van der Waals surface area contributed by atoms with Crippen LogP contribution in [0.3, 0.4) is 0 Å². The van der Waals surface area contributed by atoms with E-state index < -0.39 is 4.92 Å². The van der Waals surface area contributed by atoms with Crippen LogP contribution in [0.15, 0.2) is 36.5 Å². The first-order chi connectivity index (χ1) is 8.74. The second kappa shape index (κ2) is 4.14. The second-order valence-corrected chi connectivity index (χ2v) is 4.14. The lowest BCUT2D eigenvalue weighted by atomic mass is 10.1. The number of imidazole rings is 1. The molecule has 1 atom stereocenters. The molecule has 0 N–H and O–H groups in total. The van der Waals surface area contributed by atoms with Gasteiger partial charge in [0, 0.05) is 17.9 Å². The number of hydrogen-bond acceptors (Lipinski definition) is 4. The van der Waals surface area contributed by atoms with Crippen molar-refractivity contribution in [2.75, 3.05) is 0 Å². The van der Waals surface area contributed by atoms with Crippen LogP contribution in [0.2, 0.25) is 0 Å². The lowest BCUT2D eigenvalue weighted by Gasteiger charge is -2.22. The summed E-state index contributed by atoms with van der Waals surface area (Å²) in [6.45, 7) is 0.676. The quantitative estimate of drug-likeness (QED) is 0.601. The zero-order valence-electron chi connectivity index (χ0n) is 9.52. The summed E-state index contributed by atoms with van der Waals surface area (Å²) in [6, 6.07) is 10.1. The normalized spacial score (nSPS) is 17.9. The summed E-state index contributed by atoms with van der Waals surface area (Å²) >= 11 is 0. The second-order valence-electron chi connectivity index (χ2n) is 4.14. The minimum absolute atomic E-state index is 0.0827. The maximum Gasteiger partial charge on any atom is 0.414 e. The number of aryl methyl sites for hydroxylation is 1. The molecule has 1 aromatic heterocycles. The van der Waals surface area contributed by atoms with E-state index in [1.165, 1.54) is 6.20 Å². The van der Waals surface area contributed by atoms with E-state index in [9.17, 15) is 10.1 Å². The fourth-order valence-corrected chi connectivity index (χ4v) is 2.07. The van der Waals surface area contributed by atoms with E-state index in [1.807, 2.05) is 30.3 Å². The summed E-state index contributed by atoms with van der Waals surface area (Å²) in [5.41, 5.74) is 1.06. The summed E-state index contributed by atoms with van der Waals surface area (Å²) in [4.78, 5) is 14.0. The maximum absolute atomic E-state index is 10.6. The van der Waals surface area contributed by atoms with Crippen LogP contribution in [0.25, 0.3) is 0 Å². The molecule has 92 valence electrons. The zero-order valence-corrected chi connectivity index (χ0v) is 9.52. The van der Waals surface area contributed by atoms with Crippen molar-refractivity contribution in [1.29, 1.82) is 0 Å². The molecule has 0 radical (unpaired) electrons. The average Bonchev–Trinajstić information content (AvgIpc) is 2.82. The Hall–Kier alpha value is -2.37. The van der Waals surface area contributed by atoms with Gasteiger partial charge < -0.3 is 14.9 Å². The predicted molar refractivity (Wildman–Crippen MR) is 63.3 cm³/mol. The molecule has 0 amide bonds. The van der Waals surface area contributed by atoms with Gasteiger partial charge in [-0.1, -0.05) is 30.3 Å². The van der Waals surface area contributed by atoms with Crippen LogP contribution < -0.4 is 4.74 Å². The van der Waals surface area contributed by atoms with Gasteiger partial charge in [-0.3, -0.25) is 4.57 Å². The Balaban J connectivity index is 1.87. The van der Waals surface area contributed by atoms with Gasteiger partial charge in [0.05, 0.1) is 0 Å². The van der Waals surface area contributed by atoms with Crippen molar-refractivity contribution in [3.05, 3.63) is 52.2 Å². The van der Waals surface area contributed by atoms with Crippen molar-refractivity contribution in [2.24, 2.45) is 0 Å². The highest BCUT2D eigenvalue weighted by Gasteiger charge is 2.28. The van der Waals surface area contributed by atoms with Gasteiger partial charge in [0.1, 0.15) is 12.3 Å². The Bertz CT molecular complexity index is 580. The van der Waals surface area contributed by atoms with Gasteiger partial charge in [-0.25, -0.2) is 0 Å². The third-order valence-electron chi connectivity index (χ3n) is 2.97. The molecule has 1 aliphatic heterocycles. The molecule has 1 aliphatic rings. The van der Waals surface area contributed by atoms with Crippen molar-refractivity contribution in [3.8, 4) is 6.01 Å². The van der Waals surface area contributed by atoms with E-state index in [0.717, 1.165) is 12.0 Å². The molecule has 3 rings (SSSR count). The molecule has 0 aliphatic carbocycles. The van der Waals surface area contributed by atoms with Gasteiger partial charge in [-0.05, 0) is 10.5 Å². The number of fused-ring (bicyclic) bond motifs is 1. The molecule has 2 heterocycles. The molecule has 0 spiro atoms. The summed E-state index contributed by atoms with van der Waals surface area (Å²) in [5.74, 6) is -0.168. The molecule has 0 fully saturated rings. The summed E-state index contributed by atoms with van der Waals surface area (Å²) in [6.07, 6.45) is 2.11. The van der Waals surface area contributed by atoms with Crippen LogP contribution in [0.5, 0.6) is 6.01 Å². The number of aromatic nitrogens is 2. The van der Waals surface area contributed by atoms with E-state index in [4.69, 9.17) is 4.74 Å². The highest BCUT2D eigenvalue weighted by Crippen LogP contribution is 2.31. The first-order valence-electron chi connectivity index (χ1n) is 5.67. The Morgan fingerprint density at radius 3 is 2.89 bits per heavy atom. The van der Waals surface area contributed by atoms with Gasteiger partial charge in [-0.2, -0.15) is 0 Å². The molecule has 0 saturated carbocycles. The zero-order chi connectivity index (χ0) is 12.5. The van der Waals surface area contributed by atoms with Gasteiger partial charge in [0.25, 0.3) is 0 Å². The molecular weight excluding hydrogens is 234 g/mol. The third-order valence-corrected chi connectivity index (χ3v) is 2.97. The molecule has 0 saturated heterocycles. The van der Waals surface area contributed by atoms with E-state index in [-0.39, 0.29) is 11.9 Å². The topological polar surface area (TPSA) is 70.2 Å². The van der Waals surface area contributed by atoms with Gasteiger partial charge >= 0.3 is 11.8 Å². The van der Waals surface area contributed by atoms with Crippen molar-refractivity contribution >= 4 is 5.82 Å². The van der Waals surface area contributed by atoms with E-state index in [2.05, 4.69) is 4.98 Å². The van der Waals surface area contributed by atoms with E-state index in [1.54, 1.807) is 4.57 Å². The van der Waals surface area contributed by atoms with Crippen molar-refractivity contribution in [1.82, 2.24) is 9.55 Å². The minimum Gasteiger partial charge on any atom is -0.438 e. The van der Waals surface area contributed by atoms with Gasteiger partial charge in [0.2, 0.25) is 0 Å². The number of rotatable bonds is 2. The Kier molecular flexibility index (Phi) is 2.47. The summed E-state index contributed by atoms with van der Waals surface area (Å²) in [7, 11) is 0. The number of nitrogens with zero attached hydrogens (tertiary/aromatic N) is 3. The largest absolute Gasteiger partial charge is 0.438 e. The minimum atomic E-state index is -0.508. The van der Waals surface area contributed by atoms with Crippen molar-refractivity contribution in [3.63, 3.8) is 0 Å². The third kappa shape index (κ3) is 1.81. The molecule has 2 aromatic rings. The SMILES string of the molecule is O=[N+]([O-])c1cn2c(n1)O[C@H](c1ccccc1)CC2. The fraction of sp³-hybridized carbons (Fsp3) is 0.250. The Labute approximate surface area is 103 Å². The maximum atomic E-state index is 10.6. The molecule has 18 heavy (non-hydrogen) atoms. The molecule has 0 bridgehead atoms.